The Hall–Kier alpha value is -3.55. The first-order valence-electron chi connectivity index (χ1n) is 11.5. The van der Waals surface area contributed by atoms with Crippen molar-refractivity contribution in [2.24, 2.45) is 0 Å². The largest absolute Gasteiger partial charge is 0.379 e. The van der Waals surface area contributed by atoms with Crippen molar-refractivity contribution < 1.29 is 13.9 Å². The molecule has 0 spiro atoms. The van der Waals surface area contributed by atoms with E-state index in [4.69, 9.17) is 4.74 Å². The second-order valence-corrected chi connectivity index (χ2v) is 8.46. The Morgan fingerprint density at radius 2 is 1.79 bits per heavy atom. The number of carbonyl (C=O) groups is 1. The van der Waals surface area contributed by atoms with Crippen LogP contribution in [0.5, 0.6) is 0 Å². The Balaban J connectivity index is 1.36. The van der Waals surface area contributed by atoms with Crippen molar-refractivity contribution >= 4 is 16.9 Å². The number of fused-ring (bicyclic) bond motifs is 1. The predicted molar refractivity (Wildman–Crippen MR) is 130 cm³/mol. The summed E-state index contributed by atoms with van der Waals surface area (Å²) in [6, 6.07) is 22.1. The summed E-state index contributed by atoms with van der Waals surface area (Å²) in [6.45, 7) is 5.19. The number of carbonyl (C=O) groups excluding carboxylic acids is 1. The van der Waals surface area contributed by atoms with Crippen molar-refractivity contribution in [2.75, 3.05) is 32.8 Å². The molecule has 5 rings (SSSR count). The maximum absolute atomic E-state index is 13.5. The number of imidazole rings is 1. The Bertz CT molecular complexity index is 1280. The van der Waals surface area contributed by atoms with Gasteiger partial charge in [0, 0.05) is 30.9 Å². The third-order valence-electron chi connectivity index (χ3n) is 6.30. The molecule has 6 nitrogen and oxygen atoms in total. The van der Waals surface area contributed by atoms with Crippen LogP contribution in [0.4, 0.5) is 4.39 Å². The molecule has 1 atom stereocenters. The normalized spacial score (nSPS) is 15.4. The number of halogens is 1. The van der Waals surface area contributed by atoms with Crippen LogP contribution in [0.1, 0.15) is 27.8 Å². The monoisotopic (exact) mass is 458 g/mol. The highest BCUT2D eigenvalue weighted by Gasteiger charge is 2.24. The van der Waals surface area contributed by atoms with E-state index in [0.717, 1.165) is 41.2 Å². The van der Waals surface area contributed by atoms with E-state index in [1.807, 2.05) is 55.5 Å². The zero-order chi connectivity index (χ0) is 23.5. The van der Waals surface area contributed by atoms with Crippen molar-refractivity contribution in [3.8, 4) is 5.69 Å². The van der Waals surface area contributed by atoms with Gasteiger partial charge in [-0.15, -0.1) is 0 Å². The highest BCUT2D eigenvalue weighted by atomic mass is 19.1. The van der Waals surface area contributed by atoms with Crippen LogP contribution in [0.2, 0.25) is 0 Å². The number of morpholine rings is 1. The maximum Gasteiger partial charge on any atom is 0.251 e. The lowest BCUT2D eigenvalue weighted by Crippen LogP contribution is -2.43. The Morgan fingerprint density at radius 1 is 1.06 bits per heavy atom. The molecule has 0 unspecified atom stereocenters. The summed E-state index contributed by atoms with van der Waals surface area (Å²) in [5, 5.41) is 3.08. The lowest BCUT2D eigenvalue weighted by atomic mass is 10.0. The lowest BCUT2D eigenvalue weighted by molar-refractivity contribution is 0.0162. The molecule has 0 radical (unpaired) electrons. The van der Waals surface area contributed by atoms with Gasteiger partial charge < -0.3 is 10.1 Å². The second kappa shape index (κ2) is 9.75. The summed E-state index contributed by atoms with van der Waals surface area (Å²) >= 11 is 0. The minimum Gasteiger partial charge on any atom is -0.379 e. The van der Waals surface area contributed by atoms with E-state index < -0.39 is 0 Å². The van der Waals surface area contributed by atoms with E-state index in [0.29, 0.717) is 25.3 Å². The van der Waals surface area contributed by atoms with E-state index >= 15 is 0 Å². The van der Waals surface area contributed by atoms with Crippen LogP contribution in [0, 0.1) is 12.7 Å². The summed E-state index contributed by atoms with van der Waals surface area (Å²) in [7, 11) is 0. The molecule has 1 aliphatic rings. The van der Waals surface area contributed by atoms with E-state index in [9.17, 15) is 9.18 Å². The van der Waals surface area contributed by atoms with E-state index in [1.165, 1.54) is 12.1 Å². The van der Waals surface area contributed by atoms with Crippen LogP contribution in [-0.2, 0) is 4.74 Å². The Morgan fingerprint density at radius 3 is 2.53 bits per heavy atom. The molecule has 1 amide bonds. The fourth-order valence-electron chi connectivity index (χ4n) is 4.57. The number of amides is 1. The number of aromatic nitrogens is 2. The highest BCUT2D eigenvalue weighted by molar-refractivity contribution is 5.97. The van der Waals surface area contributed by atoms with E-state index in [2.05, 4.69) is 19.8 Å². The molecule has 7 heteroatoms. The molecule has 4 aromatic rings. The number of para-hydroxylation sites is 1. The SMILES string of the molecule is Cc1nc2cc(C(=O)NC[C@@H](c3ccc(F)cc3)N3CCOCC3)ccc2n1-c1ccccc1. The van der Waals surface area contributed by atoms with Crippen LogP contribution >= 0.6 is 0 Å². The van der Waals surface area contributed by atoms with Crippen molar-refractivity contribution in [1.82, 2.24) is 19.8 Å². The van der Waals surface area contributed by atoms with Crippen LogP contribution in [0.25, 0.3) is 16.7 Å². The highest BCUT2D eigenvalue weighted by Crippen LogP contribution is 2.24. The Labute approximate surface area is 198 Å². The lowest BCUT2D eigenvalue weighted by Gasteiger charge is -2.35. The molecule has 0 saturated carbocycles. The third kappa shape index (κ3) is 4.58. The van der Waals surface area contributed by atoms with Gasteiger partial charge >= 0.3 is 0 Å². The first kappa shape index (κ1) is 22.3. The average Bonchev–Trinajstić information content (AvgIpc) is 3.21. The molecule has 1 saturated heterocycles. The predicted octanol–water partition coefficient (Wildman–Crippen LogP) is 4.28. The topological polar surface area (TPSA) is 59.4 Å². The van der Waals surface area contributed by atoms with Gasteiger partial charge in [-0.1, -0.05) is 30.3 Å². The van der Waals surface area contributed by atoms with Crippen LogP contribution in [0.15, 0.2) is 72.8 Å². The van der Waals surface area contributed by atoms with Crippen LogP contribution < -0.4 is 5.32 Å². The van der Waals surface area contributed by atoms with Crippen LogP contribution in [0.3, 0.4) is 0 Å². The summed E-state index contributed by atoms with van der Waals surface area (Å²) in [4.78, 5) is 20.0. The number of benzene rings is 3. The zero-order valence-electron chi connectivity index (χ0n) is 19.1. The molecule has 2 heterocycles. The summed E-state index contributed by atoms with van der Waals surface area (Å²) in [5.74, 6) is 0.434. The number of nitrogens with zero attached hydrogens (tertiary/aromatic N) is 3. The van der Waals surface area contributed by atoms with Gasteiger partial charge in [-0.2, -0.15) is 0 Å². The van der Waals surface area contributed by atoms with Gasteiger partial charge in [0.2, 0.25) is 0 Å². The molecule has 3 aromatic carbocycles. The maximum atomic E-state index is 13.5. The van der Waals surface area contributed by atoms with Crippen molar-refractivity contribution in [2.45, 2.75) is 13.0 Å². The smallest absolute Gasteiger partial charge is 0.251 e. The van der Waals surface area contributed by atoms with Gasteiger partial charge in [0.05, 0.1) is 30.3 Å². The van der Waals surface area contributed by atoms with Gasteiger partial charge in [-0.05, 0) is 55.0 Å². The molecule has 1 fully saturated rings. The molecule has 1 aromatic heterocycles. The second-order valence-electron chi connectivity index (χ2n) is 8.46. The summed E-state index contributed by atoms with van der Waals surface area (Å²) < 4.78 is 21.1. The fraction of sp³-hybridized carbons (Fsp3) is 0.259. The molecule has 0 aliphatic carbocycles. The van der Waals surface area contributed by atoms with Crippen molar-refractivity contribution in [1.29, 1.82) is 0 Å². The number of hydrogen-bond donors (Lipinski definition) is 1. The molecule has 1 aliphatic heterocycles. The molecule has 174 valence electrons. The first-order chi connectivity index (χ1) is 16.6. The molecule has 34 heavy (non-hydrogen) atoms. The minimum atomic E-state index is -0.271. The number of nitrogens with one attached hydrogen (secondary N) is 1. The van der Waals surface area contributed by atoms with Gasteiger partial charge in [0.1, 0.15) is 11.6 Å². The first-order valence-corrected chi connectivity index (χ1v) is 11.5. The number of aryl methyl sites for hydroxylation is 1. The quantitative estimate of drug-likeness (QED) is 0.469. The summed E-state index contributed by atoms with van der Waals surface area (Å²) in [6.07, 6.45) is 0. The van der Waals surface area contributed by atoms with Gasteiger partial charge in [-0.3, -0.25) is 14.3 Å². The van der Waals surface area contributed by atoms with Gasteiger partial charge in [0.25, 0.3) is 5.91 Å². The molecular weight excluding hydrogens is 431 g/mol. The number of ether oxygens (including phenoxy) is 1. The minimum absolute atomic E-state index is 0.0586. The number of rotatable bonds is 6. The van der Waals surface area contributed by atoms with Crippen molar-refractivity contribution in [3.05, 3.63) is 95.6 Å². The molecule has 0 bridgehead atoms. The van der Waals surface area contributed by atoms with Crippen molar-refractivity contribution in [3.63, 3.8) is 0 Å². The standard InChI is InChI=1S/C27H27FN4O2/c1-19-30-24-17-21(9-12-25(24)32(19)23-5-3-2-4-6-23)27(33)29-18-26(31-13-15-34-16-14-31)20-7-10-22(28)11-8-20/h2-12,17,26H,13-16,18H2,1H3,(H,29,33)/t26-/m0/s1. The van der Waals surface area contributed by atoms with E-state index in [1.54, 1.807) is 12.1 Å². The third-order valence-corrected chi connectivity index (χ3v) is 6.30. The number of hydrogen-bond acceptors (Lipinski definition) is 4. The van der Waals surface area contributed by atoms with E-state index in [-0.39, 0.29) is 17.8 Å². The van der Waals surface area contributed by atoms with Gasteiger partial charge in [-0.25, -0.2) is 9.37 Å². The van der Waals surface area contributed by atoms with Crippen LogP contribution in [-0.4, -0.2) is 53.2 Å². The average molecular weight is 459 g/mol. The van der Waals surface area contributed by atoms with Gasteiger partial charge in [0.15, 0.2) is 0 Å². The summed E-state index contributed by atoms with van der Waals surface area (Å²) in [5.41, 5.74) is 4.30. The fourth-order valence-corrected chi connectivity index (χ4v) is 4.57. The molecular formula is C27H27FN4O2. The zero-order valence-corrected chi connectivity index (χ0v) is 19.1. The Kier molecular flexibility index (Phi) is 6.38. The molecule has 1 N–H and O–H groups in total.